The second kappa shape index (κ2) is 9.80. The minimum Gasteiger partial charge on any atom is -0.415 e. The van der Waals surface area contributed by atoms with Crippen LogP contribution in [-0.2, 0) is 30.2 Å². The van der Waals surface area contributed by atoms with Gasteiger partial charge < -0.3 is 9.32 Å². The predicted molar refractivity (Wildman–Crippen MR) is 124 cm³/mol. The van der Waals surface area contributed by atoms with Crippen molar-refractivity contribution in [2.45, 2.75) is 32.2 Å². The van der Waals surface area contributed by atoms with E-state index in [9.17, 15) is 17.8 Å². The average molecular weight is 505 g/mol. The molecule has 1 fully saturated rings. The molecule has 184 valence electrons. The summed E-state index contributed by atoms with van der Waals surface area (Å²) in [5.41, 5.74) is 3.52. The molecule has 0 saturated carbocycles. The number of aromatic nitrogens is 2. The van der Waals surface area contributed by atoms with Crippen LogP contribution in [0.25, 0.3) is 11.5 Å². The van der Waals surface area contributed by atoms with Crippen molar-refractivity contribution in [3.63, 3.8) is 0 Å². The normalized spacial score (nSPS) is 16.1. The number of rotatable bonds is 5. The molecular weight excluding hydrogens is 481 g/mol. The average Bonchev–Trinajstić information content (AvgIpc) is 3.53. The molecule has 35 heavy (non-hydrogen) atoms. The van der Waals surface area contributed by atoms with Crippen molar-refractivity contribution in [2.24, 2.45) is 0 Å². The Balaban J connectivity index is 1.43. The van der Waals surface area contributed by atoms with E-state index < -0.39 is 28.9 Å². The Labute approximate surface area is 202 Å². The number of nitrogens with zero attached hydrogens (tertiary/aromatic N) is 4. The van der Waals surface area contributed by atoms with Gasteiger partial charge in [-0.25, -0.2) is 9.18 Å². The van der Waals surface area contributed by atoms with Crippen molar-refractivity contribution in [2.75, 3.05) is 29.5 Å². The summed E-state index contributed by atoms with van der Waals surface area (Å²) in [5.74, 6) is -0.841. The molecule has 1 aliphatic carbocycles. The largest absolute Gasteiger partial charge is 0.415 e. The zero-order valence-electron chi connectivity index (χ0n) is 18.8. The topological polar surface area (TPSA) is 79.5 Å². The number of fused-ring (bicyclic) bond motifs is 1. The summed E-state index contributed by atoms with van der Waals surface area (Å²) in [4.78, 5) is 16.7. The van der Waals surface area contributed by atoms with Crippen LogP contribution in [0.15, 0.2) is 40.8 Å². The van der Waals surface area contributed by atoms with E-state index in [1.165, 1.54) is 28.2 Å². The Kier molecular flexibility index (Phi) is 6.59. The van der Waals surface area contributed by atoms with E-state index in [1.807, 2.05) is 18.2 Å². The van der Waals surface area contributed by atoms with Crippen molar-refractivity contribution in [3.8, 4) is 11.5 Å². The highest BCUT2D eigenvalue weighted by Gasteiger charge is 2.28. The van der Waals surface area contributed by atoms with Crippen LogP contribution in [0.5, 0.6) is 0 Å². The number of benzene rings is 2. The molecule has 7 nitrogen and oxygen atoms in total. The zero-order valence-corrected chi connectivity index (χ0v) is 19.6. The minimum absolute atomic E-state index is 0.0323. The first-order chi connectivity index (χ1) is 16.9. The molecule has 2 aromatic carbocycles. The zero-order chi connectivity index (χ0) is 24.5. The standard InChI is InChI=1S/C24H23F3N4O3S/c25-20-13-17(22-28-29-23(34-22)21(26)27)4-5-18(20)14-31(24(32)30-8-10-35(33)11-9-30)19-7-6-15-2-1-3-16(15)12-19/h4-7,12-13,21H,1-3,8-11,14H2. The first-order valence-corrected chi connectivity index (χ1v) is 12.8. The molecular formula is C24H23F3N4O3S. The molecule has 1 aromatic heterocycles. The summed E-state index contributed by atoms with van der Waals surface area (Å²) in [6, 6.07) is 9.71. The van der Waals surface area contributed by atoms with Crippen LogP contribution >= 0.6 is 0 Å². The third kappa shape index (κ3) is 4.95. The molecule has 0 N–H and O–H groups in total. The number of urea groups is 1. The molecule has 1 saturated heterocycles. The molecule has 0 unspecified atom stereocenters. The Hall–Kier alpha value is -3.21. The molecule has 0 radical (unpaired) electrons. The maximum Gasteiger partial charge on any atom is 0.324 e. The van der Waals surface area contributed by atoms with E-state index in [1.54, 1.807) is 4.90 Å². The van der Waals surface area contributed by atoms with E-state index >= 15 is 4.39 Å². The fourth-order valence-corrected chi connectivity index (χ4v) is 5.47. The lowest BCUT2D eigenvalue weighted by atomic mass is 10.1. The van der Waals surface area contributed by atoms with Gasteiger partial charge in [0.25, 0.3) is 5.89 Å². The van der Waals surface area contributed by atoms with Crippen LogP contribution in [-0.4, -0.2) is 49.9 Å². The molecule has 11 heteroatoms. The second-order valence-electron chi connectivity index (χ2n) is 8.56. The van der Waals surface area contributed by atoms with Gasteiger partial charge in [0, 0.05) is 52.2 Å². The monoisotopic (exact) mass is 504 g/mol. The van der Waals surface area contributed by atoms with Crippen LogP contribution in [0.3, 0.4) is 0 Å². The van der Waals surface area contributed by atoms with Crippen molar-refractivity contribution < 1.29 is 26.6 Å². The Morgan fingerprint density at radius 1 is 1.09 bits per heavy atom. The van der Waals surface area contributed by atoms with Gasteiger partial charge >= 0.3 is 12.5 Å². The lowest BCUT2D eigenvalue weighted by Crippen LogP contribution is -2.48. The number of carbonyl (C=O) groups is 1. The molecule has 3 aromatic rings. The van der Waals surface area contributed by atoms with Crippen LogP contribution in [0.1, 0.15) is 35.4 Å². The van der Waals surface area contributed by atoms with E-state index in [4.69, 9.17) is 4.42 Å². The number of aryl methyl sites for hydroxylation is 2. The highest BCUT2D eigenvalue weighted by molar-refractivity contribution is 7.85. The number of carbonyl (C=O) groups excluding carboxylic acids is 1. The number of hydrogen-bond acceptors (Lipinski definition) is 5. The van der Waals surface area contributed by atoms with Gasteiger partial charge in [-0.2, -0.15) is 8.78 Å². The van der Waals surface area contributed by atoms with Gasteiger partial charge in [-0.05, 0) is 54.7 Å². The number of hydrogen-bond donors (Lipinski definition) is 0. The first-order valence-electron chi connectivity index (χ1n) is 11.3. The second-order valence-corrected chi connectivity index (χ2v) is 10.3. The summed E-state index contributed by atoms with van der Waals surface area (Å²) in [6.45, 7) is 0.714. The predicted octanol–water partition coefficient (Wildman–Crippen LogP) is 4.49. The third-order valence-corrected chi connectivity index (χ3v) is 7.60. The summed E-state index contributed by atoms with van der Waals surface area (Å²) in [6.07, 6.45) is 0.0749. The molecule has 0 spiro atoms. The molecule has 0 atom stereocenters. The van der Waals surface area contributed by atoms with Crippen LogP contribution < -0.4 is 4.90 Å². The Morgan fingerprint density at radius 3 is 2.57 bits per heavy atom. The summed E-state index contributed by atoms with van der Waals surface area (Å²) < 4.78 is 57.3. The quantitative estimate of drug-likeness (QED) is 0.512. The summed E-state index contributed by atoms with van der Waals surface area (Å²) >= 11 is 0. The number of amides is 2. The Morgan fingerprint density at radius 2 is 1.86 bits per heavy atom. The van der Waals surface area contributed by atoms with Crippen LogP contribution in [0.2, 0.25) is 0 Å². The van der Waals surface area contributed by atoms with Crippen LogP contribution in [0.4, 0.5) is 23.7 Å². The van der Waals surface area contributed by atoms with Crippen LogP contribution in [0, 0.1) is 5.82 Å². The number of anilines is 1. The molecule has 1 aliphatic heterocycles. The summed E-state index contributed by atoms with van der Waals surface area (Å²) in [5, 5.41) is 6.83. The molecule has 2 aliphatic rings. The smallest absolute Gasteiger partial charge is 0.324 e. The SMILES string of the molecule is O=C(N1CCS(=O)CC1)N(Cc1ccc(-c2nnc(C(F)F)o2)cc1F)c1ccc2c(c1)CCC2. The fraction of sp³-hybridized carbons (Fsp3) is 0.375. The van der Waals surface area contributed by atoms with Crippen molar-refractivity contribution in [1.82, 2.24) is 15.1 Å². The highest BCUT2D eigenvalue weighted by Crippen LogP contribution is 2.30. The lowest BCUT2D eigenvalue weighted by Gasteiger charge is -2.33. The molecule has 0 bridgehead atoms. The minimum atomic E-state index is -2.92. The number of halogens is 3. The van der Waals surface area contributed by atoms with Gasteiger partial charge in [0.05, 0.1) is 6.54 Å². The summed E-state index contributed by atoms with van der Waals surface area (Å²) in [7, 11) is -0.938. The Bertz CT molecular complexity index is 1270. The highest BCUT2D eigenvalue weighted by atomic mass is 32.2. The van der Waals surface area contributed by atoms with Crippen molar-refractivity contribution in [1.29, 1.82) is 0 Å². The first kappa shape index (κ1) is 23.5. The van der Waals surface area contributed by atoms with Gasteiger partial charge in [-0.1, -0.05) is 12.1 Å². The van der Waals surface area contributed by atoms with E-state index in [0.29, 0.717) is 30.3 Å². The van der Waals surface area contributed by atoms with Crippen molar-refractivity contribution >= 4 is 22.5 Å². The fourth-order valence-electron chi connectivity index (χ4n) is 4.41. The van der Waals surface area contributed by atoms with Gasteiger partial charge in [0.2, 0.25) is 5.89 Å². The van der Waals surface area contributed by atoms with Crippen molar-refractivity contribution in [3.05, 3.63) is 64.8 Å². The maximum atomic E-state index is 15.1. The van der Waals surface area contributed by atoms with Gasteiger partial charge in [-0.15, -0.1) is 10.2 Å². The molecule has 2 amide bonds. The molecule has 2 heterocycles. The van der Waals surface area contributed by atoms with Gasteiger partial charge in [0.1, 0.15) is 5.82 Å². The van der Waals surface area contributed by atoms with E-state index in [2.05, 4.69) is 10.2 Å². The lowest BCUT2D eigenvalue weighted by molar-refractivity contribution is 0.116. The number of alkyl halides is 2. The maximum absolute atomic E-state index is 15.1. The van der Waals surface area contributed by atoms with Gasteiger partial charge in [0.15, 0.2) is 0 Å². The van der Waals surface area contributed by atoms with E-state index in [-0.39, 0.29) is 29.6 Å². The third-order valence-electron chi connectivity index (χ3n) is 6.33. The molecule has 5 rings (SSSR count). The van der Waals surface area contributed by atoms with Gasteiger partial charge in [-0.3, -0.25) is 9.11 Å². The van der Waals surface area contributed by atoms with E-state index in [0.717, 1.165) is 25.3 Å².